The van der Waals surface area contributed by atoms with Crippen LogP contribution in [0.5, 0.6) is 0 Å². The number of nitrogens with zero attached hydrogens (tertiary/aromatic N) is 1. The quantitative estimate of drug-likeness (QED) is 0.372. The van der Waals surface area contributed by atoms with Crippen molar-refractivity contribution in [2.45, 2.75) is 77.7 Å². The number of aromatic amines is 1. The van der Waals surface area contributed by atoms with E-state index in [-0.39, 0.29) is 0 Å². The zero-order valence-electron chi connectivity index (χ0n) is 15.6. The van der Waals surface area contributed by atoms with Gasteiger partial charge in [-0.3, -0.25) is 4.98 Å². The Balaban J connectivity index is 2.09. The molecular weight excluding hydrogens is 292 g/mol. The molecule has 0 amide bonds. The number of hydrogen-bond acceptors (Lipinski definition) is 0. The Labute approximate surface area is 148 Å². The number of imidazole rings is 1. The molecule has 2 rings (SSSR count). The largest absolute Gasteiger partial charge is 0.250 e. The van der Waals surface area contributed by atoms with Crippen molar-refractivity contribution in [2.24, 2.45) is 5.92 Å². The molecule has 2 unspecified atom stereocenters. The van der Waals surface area contributed by atoms with E-state index in [4.69, 9.17) is 0 Å². The Morgan fingerprint density at radius 1 is 0.917 bits per heavy atom. The minimum Gasteiger partial charge on any atom is -0.250 e. The van der Waals surface area contributed by atoms with Gasteiger partial charge in [0.2, 0.25) is 6.33 Å². The molecule has 0 bridgehead atoms. The van der Waals surface area contributed by atoms with Crippen LogP contribution in [0, 0.1) is 5.92 Å². The smallest absolute Gasteiger partial charge is 0.241 e. The molecule has 0 aliphatic heterocycles. The Morgan fingerprint density at radius 3 is 2.38 bits per heavy atom. The lowest BCUT2D eigenvalue weighted by molar-refractivity contribution is -0.730. The fourth-order valence-corrected chi connectivity index (χ4v) is 3.73. The van der Waals surface area contributed by atoms with Crippen LogP contribution in [0.25, 0.3) is 0 Å². The van der Waals surface area contributed by atoms with E-state index in [0.717, 1.165) is 5.92 Å². The van der Waals surface area contributed by atoms with Gasteiger partial charge in [0, 0.05) is 5.92 Å². The second kappa shape index (κ2) is 11.1. The van der Waals surface area contributed by atoms with Crippen LogP contribution in [0.2, 0.25) is 0 Å². The molecule has 0 aliphatic rings. The number of nitrogens with one attached hydrogen (secondary N) is 1. The summed E-state index contributed by atoms with van der Waals surface area (Å²) in [5, 5.41) is 0. The van der Waals surface area contributed by atoms with Crippen molar-refractivity contribution >= 4 is 0 Å². The second-order valence-corrected chi connectivity index (χ2v) is 7.07. The number of aromatic nitrogens is 2. The number of hydrogen-bond donors (Lipinski definition) is 1. The summed E-state index contributed by atoms with van der Waals surface area (Å²) in [7, 11) is 0. The van der Waals surface area contributed by atoms with Crippen LogP contribution >= 0.6 is 0 Å². The maximum Gasteiger partial charge on any atom is 0.241 e. The first-order chi connectivity index (χ1) is 11.8. The molecular formula is C22H35N2+. The van der Waals surface area contributed by atoms with E-state index in [2.05, 4.69) is 72.5 Å². The minimum absolute atomic E-state index is 0.611. The summed E-state index contributed by atoms with van der Waals surface area (Å²) >= 11 is 0. The van der Waals surface area contributed by atoms with Gasteiger partial charge < -0.3 is 0 Å². The van der Waals surface area contributed by atoms with E-state index in [9.17, 15) is 0 Å². The molecule has 132 valence electrons. The van der Waals surface area contributed by atoms with E-state index >= 15 is 0 Å². The lowest BCUT2D eigenvalue weighted by atomic mass is 9.85. The SMILES string of the molecule is CCCCCCC(C(CCCC)Cc1ccccc1)[n+]1cc[nH]c1. The average molecular weight is 328 g/mol. The van der Waals surface area contributed by atoms with Crippen molar-refractivity contribution in [3.05, 3.63) is 54.6 Å². The molecule has 1 heterocycles. The highest BCUT2D eigenvalue weighted by molar-refractivity contribution is 5.15. The van der Waals surface area contributed by atoms with Crippen LogP contribution in [0.4, 0.5) is 0 Å². The highest BCUT2D eigenvalue weighted by Gasteiger charge is 2.26. The van der Waals surface area contributed by atoms with E-state index in [0.29, 0.717) is 6.04 Å². The average Bonchev–Trinajstić information content (AvgIpc) is 3.14. The van der Waals surface area contributed by atoms with E-state index < -0.39 is 0 Å². The summed E-state index contributed by atoms with van der Waals surface area (Å²) in [6.07, 6.45) is 18.2. The molecule has 0 spiro atoms. The van der Waals surface area contributed by atoms with Gasteiger partial charge in [0.25, 0.3) is 0 Å². The molecule has 24 heavy (non-hydrogen) atoms. The second-order valence-electron chi connectivity index (χ2n) is 7.07. The molecule has 2 atom stereocenters. The molecule has 0 saturated carbocycles. The zero-order chi connectivity index (χ0) is 17.0. The molecule has 2 nitrogen and oxygen atoms in total. The van der Waals surface area contributed by atoms with Crippen molar-refractivity contribution in [1.29, 1.82) is 0 Å². The molecule has 0 fully saturated rings. The van der Waals surface area contributed by atoms with Crippen molar-refractivity contribution in [2.75, 3.05) is 0 Å². The van der Waals surface area contributed by atoms with E-state index in [1.54, 1.807) is 0 Å². The predicted molar refractivity (Wildman–Crippen MR) is 102 cm³/mol. The highest BCUT2D eigenvalue weighted by atomic mass is 15.1. The van der Waals surface area contributed by atoms with Crippen LogP contribution in [0.1, 0.15) is 76.8 Å². The topological polar surface area (TPSA) is 19.7 Å². The lowest BCUT2D eigenvalue weighted by Gasteiger charge is -2.25. The number of rotatable bonds is 12. The third-order valence-electron chi connectivity index (χ3n) is 5.12. The van der Waals surface area contributed by atoms with Crippen LogP contribution in [0.15, 0.2) is 49.1 Å². The fraction of sp³-hybridized carbons (Fsp3) is 0.591. The standard InChI is InChI=1S/C22H34N2/c1-3-5-7-11-15-22(24-17-16-23-19-24)21(14-6-4-2)18-20-12-9-8-10-13-20/h8-10,12-13,16-17,19,21-22H,3-7,11,14-15,18H2,1-2H3/p+1. The van der Waals surface area contributed by atoms with Gasteiger partial charge in [0.05, 0.1) is 0 Å². The molecule has 2 aromatic rings. The molecule has 2 heteroatoms. The molecule has 0 radical (unpaired) electrons. The summed E-state index contributed by atoms with van der Waals surface area (Å²) in [5.74, 6) is 0.717. The molecule has 1 aromatic heterocycles. The molecule has 0 saturated heterocycles. The molecule has 1 aromatic carbocycles. The summed E-state index contributed by atoms with van der Waals surface area (Å²) in [4.78, 5) is 3.25. The summed E-state index contributed by atoms with van der Waals surface area (Å²) in [5.41, 5.74) is 1.48. The minimum atomic E-state index is 0.611. The van der Waals surface area contributed by atoms with Gasteiger partial charge in [0.15, 0.2) is 0 Å². The van der Waals surface area contributed by atoms with Crippen molar-refractivity contribution < 1.29 is 4.57 Å². The van der Waals surface area contributed by atoms with Gasteiger partial charge in [-0.2, -0.15) is 0 Å². The molecule has 0 aliphatic carbocycles. The monoisotopic (exact) mass is 327 g/mol. The number of H-pyrrole nitrogens is 1. The van der Waals surface area contributed by atoms with Gasteiger partial charge in [0.1, 0.15) is 18.4 Å². The summed E-state index contributed by atoms with van der Waals surface area (Å²) in [6, 6.07) is 11.6. The van der Waals surface area contributed by atoms with Gasteiger partial charge in [-0.15, -0.1) is 0 Å². The Hall–Kier alpha value is -1.57. The Bertz CT molecular complexity index is 518. The van der Waals surface area contributed by atoms with Crippen molar-refractivity contribution in [1.82, 2.24) is 4.98 Å². The van der Waals surface area contributed by atoms with Crippen LogP contribution in [-0.4, -0.2) is 4.98 Å². The first kappa shape index (κ1) is 18.8. The summed E-state index contributed by atoms with van der Waals surface area (Å²) in [6.45, 7) is 4.59. The number of unbranched alkanes of at least 4 members (excludes halogenated alkanes) is 4. The highest BCUT2D eigenvalue weighted by Crippen LogP contribution is 2.28. The van der Waals surface area contributed by atoms with Gasteiger partial charge >= 0.3 is 0 Å². The third-order valence-corrected chi connectivity index (χ3v) is 5.12. The van der Waals surface area contributed by atoms with Gasteiger partial charge in [-0.05, 0) is 31.2 Å². The Kier molecular flexibility index (Phi) is 8.65. The fourth-order valence-electron chi connectivity index (χ4n) is 3.73. The van der Waals surface area contributed by atoms with E-state index in [1.807, 2.05) is 0 Å². The van der Waals surface area contributed by atoms with E-state index in [1.165, 1.54) is 63.4 Å². The third kappa shape index (κ3) is 6.14. The first-order valence-corrected chi connectivity index (χ1v) is 9.92. The Morgan fingerprint density at radius 2 is 1.71 bits per heavy atom. The van der Waals surface area contributed by atoms with Crippen molar-refractivity contribution in [3.8, 4) is 0 Å². The maximum absolute atomic E-state index is 3.25. The van der Waals surface area contributed by atoms with Gasteiger partial charge in [-0.25, -0.2) is 4.57 Å². The lowest BCUT2D eigenvalue weighted by Crippen LogP contribution is -2.42. The van der Waals surface area contributed by atoms with Crippen LogP contribution in [-0.2, 0) is 6.42 Å². The maximum atomic E-state index is 3.25. The molecule has 1 N–H and O–H groups in total. The first-order valence-electron chi connectivity index (χ1n) is 9.92. The normalized spacial score (nSPS) is 13.8. The van der Waals surface area contributed by atoms with Crippen molar-refractivity contribution in [3.63, 3.8) is 0 Å². The summed E-state index contributed by atoms with van der Waals surface area (Å²) < 4.78 is 2.43. The predicted octanol–water partition coefficient (Wildman–Crippen LogP) is 5.86. The van der Waals surface area contributed by atoms with Gasteiger partial charge in [-0.1, -0.05) is 76.3 Å². The van der Waals surface area contributed by atoms with Crippen LogP contribution < -0.4 is 4.57 Å². The zero-order valence-corrected chi connectivity index (χ0v) is 15.6. The van der Waals surface area contributed by atoms with Crippen LogP contribution in [0.3, 0.4) is 0 Å². The number of benzene rings is 1.